The molecule has 1 heterocycles. The number of carboxylic acid groups (broad SMARTS) is 1. The van der Waals surface area contributed by atoms with E-state index in [1.807, 2.05) is 0 Å². The molecular formula is C13H12F3N3O3. The molecule has 0 fully saturated rings. The zero-order valence-corrected chi connectivity index (χ0v) is 11.4. The fraction of sp³-hybridized carbons (Fsp3) is 0.385. The molecule has 9 heteroatoms. The summed E-state index contributed by atoms with van der Waals surface area (Å²) in [6.07, 6.45) is -4.96. The summed E-state index contributed by atoms with van der Waals surface area (Å²) in [7, 11) is 0. The molecule has 1 aliphatic rings. The van der Waals surface area contributed by atoms with Crippen molar-refractivity contribution in [1.29, 1.82) is 0 Å². The van der Waals surface area contributed by atoms with E-state index in [4.69, 9.17) is 5.11 Å². The molecule has 1 aromatic rings. The molecule has 1 unspecified atom stereocenters. The van der Waals surface area contributed by atoms with Crippen LogP contribution in [-0.4, -0.2) is 29.2 Å². The van der Waals surface area contributed by atoms with Gasteiger partial charge in [0.1, 0.15) is 0 Å². The van der Waals surface area contributed by atoms with Crippen LogP contribution in [0.3, 0.4) is 0 Å². The molecule has 0 bridgehead atoms. The number of alkyl halides is 3. The quantitative estimate of drug-likeness (QED) is 0.874. The number of hydrogen-bond donors (Lipinski definition) is 2. The Hall–Kier alpha value is -2.45. The third-order valence-corrected chi connectivity index (χ3v) is 3.08. The van der Waals surface area contributed by atoms with Crippen LogP contribution in [0.25, 0.3) is 0 Å². The van der Waals surface area contributed by atoms with Gasteiger partial charge in [-0.3, -0.25) is 9.59 Å². The van der Waals surface area contributed by atoms with Crippen LogP contribution in [0, 0.1) is 0 Å². The number of aliphatic carboxylic acids is 1. The molecular weight excluding hydrogens is 303 g/mol. The van der Waals surface area contributed by atoms with Crippen LogP contribution < -0.4 is 5.32 Å². The first-order valence-electron chi connectivity index (χ1n) is 6.30. The second-order valence-corrected chi connectivity index (χ2v) is 4.92. The number of rotatable bonds is 5. The van der Waals surface area contributed by atoms with Crippen molar-refractivity contribution < 1.29 is 27.9 Å². The molecule has 0 aromatic heterocycles. The fourth-order valence-corrected chi connectivity index (χ4v) is 1.94. The smallest absolute Gasteiger partial charge is 0.442 e. The van der Waals surface area contributed by atoms with E-state index >= 15 is 0 Å². The zero-order chi connectivity index (χ0) is 16.5. The van der Waals surface area contributed by atoms with Crippen molar-refractivity contribution >= 4 is 11.9 Å². The van der Waals surface area contributed by atoms with Gasteiger partial charge in [0.05, 0.1) is 6.42 Å². The highest BCUT2D eigenvalue weighted by Gasteiger charge is 2.65. The summed E-state index contributed by atoms with van der Waals surface area (Å²) in [6.45, 7) is 1.48. The highest BCUT2D eigenvalue weighted by Crippen LogP contribution is 2.52. The molecule has 0 radical (unpaired) electrons. The van der Waals surface area contributed by atoms with Crippen LogP contribution in [-0.2, 0) is 10.5 Å². The molecule has 0 aliphatic carbocycles. The molecule has 1 atom stereocenters. The second kappa shape index (κ2) is 5.39. The molecule has 1 aromatic carbocycles. The molecule has 0 saturated carbocycles. The first-order valence-corrected chi connectivity index (χ1v) is 6.30. The van der Waals surface area contributed by atoms with Crippen molar-refractivity contribution in [3.05, 3.63) is 35.4 Å². The predicted molar refractivity (Wildman–Crippen MR) is 68.2 cm³/mol. The number of hydrogen-bond acceptors (Lipinski definition) is 4. The Bertz CT molecular complexity index is 637. The molecule has 22 heavy (non-hydrogen) atoms. The van der Waals surface area contributed by atoms with Gasteiger partial charge in [0, 0.05) is 17.2 Å². The summed E-state index contributed by atoms with van der Waals surface area (Å²) in [4.78, 5) is 22.5. The third kappa shape index (κ3) is 3.07. The van der Waals surface area contributed by atoms with E-state index in [1.165, 1.54) is 25.1 Å². The minimum absolute atomic E-state index is 0.0179. The zero-order valence-electron chi connectivity index (χ0n) is 11.4. The van der Waals surface area contributed by atoms with Gasteiger partial charge < -0.3 is 10.4 Å². The summed E-state index contributed by atoms with van der Waals surface area (Å²) < 4.78 is 38.7. The minimum Gasteiger partial charge on any atom is -0.481 e. The van der Waals surface area contributed by atoms with Crippen molar-refractivity contribution in [2.24, 2.45) is 10.2 Å². The Labute approximate surface area is 123 Å². The maximum Gasteiger partial charge on any atom is 0.442 e. The largest absolute Gasteiger partial charge is 0.481 e. The molecule has 2 N–H and O–H groups in total. The monoisotopic (exact) mass is 315 g/mol. The minimum atomic E-state index is -4.67. The maximum absolute atomic E-state index is 12.9. The van der Waals surface area contributed by atoms with Gasteiger partial charge in [-0.2, -0.15) is 13.2 Å². The average Bonchev–Trinajstić information content (AvgIpc) is 3.18. The van der Waals surface area contributed by atoms with Gasteiger partial charge in [-0.1, -0.05) is 12.1 Å². The molecule has 0 saturated heterocycles. The third-order valence-electron chi connectivity index (χ3n) is 3.08. The van der Waals surface area contributed by atoms with E-state index in [2.05, 4.69) is 15.5 Å². The lowest BCUT2D eigenvalue weighted by Gasteiger charge is -2.16. The van der Waals surface area contributed by atoms with Crippen molar-refractivity contribution in [2.45, 2.75) is 31.2 Å². The van der Waals surface area contributed by atoms with E-state index in [-0.39, 0.29) is 17.5 Å². The Kier molecular flexibility index (Phi) is 3.90. The summed E-state index contributed by atoms with van der Waals surface area (Å²) in [5.41, 5.74) is -2.86. The van der Waals surface area contributed by atoms with E-state index in [1.54, 1.807) is 0 Å². The lowest BCUT2D eigenvalue weighted by molar-refractivity contribution is -0.166. The Balaban J connectivity index is 2.16. The number of carbonyl (C=O) groups is 2. The van der Waals surface area contributed by atoms with E-state index in [0.29, 0.717) is 0 Å². The topological polar surface area (TPSA) is 91.1 Å². The van der Waals surface area contributed by atoms with Crippen LogP contribution in [0.2, 0.25) is 0 Å². The number of carbonyl (C=O) groups excluding carboxylic acids is 1. The SMILES string of the molecule is CC(CC(=O)O)NC(=O)c1cccc(C2(C(F)(F)F)N=N2)c1. The lowest BCUT2D eigenvalue weighted by Crippen LogP contribution is -2.34. The van der Waals surface area contributed by atoms with Crippen LogP contribution >= 0.6 is 0 Å². The number of benzene rings is 1. The van der Waals surface area contributed by atoms with Crippen LogP contribution in [0.5, 0.6) is 0 Å². The summed E-state index contributed by atoms with van der Waals surface area (Å²) >= 11 is 0. The van der Waals surface area contributed by atoms with Crippen LogP contribution in [0.1, 0.15) is 29.3 Å². The molecule has 1 amide bonds. The Morgan fingerprint density at radius 1 is 1.36 bits per heavy atom. The normalized spacial score (nSPS) is 16.9. The van der Waals surface area contributed by atoms with E-state index in [0.717, 1.165) is 6.07 Å². The fourth-order valence-electron chi connectivity index (χ4n) is 1.94. The standard InChI is InChI=1S/C13H12F3N3O3/c1-7(5-10(20)21)17-11(22)8-3-2-4-9(6-8)12(18-19-12)13(14,15)16/h2-4,6-7H,5H2,1H3,(H,17,22)(H,20,21). The Morgan fingerprint density at radius 3 is 2.50 bits per heavy atom. The van der Waals surface area contributed by atoms with Gasteiger partial charge >= 0.3 is 17.8 Å². The van der Waals surface area contributed by atoms with Crippen molar-refractivity contribution in [2.75, 3.05) is 0 Å². The van der Waals surface area contributed by atoms with Crippen molar-refractivity contribution in [3.63, 3.8) is 0 Å². The van der Waals surface area contributed by atoms with Gasteiger partial charge in [0.15, 0.2) is 0 Å². The maximum atomic E-state index is 12.9. The first kappa shape index (κ1) is 15.9. The average molecular weight is 315 g/mol. The van der Waals surface area contributed by atoms with Gasteiger partial charge in [0.25, 0.3) is 5.91 Å². The summed E-state index contributed by atoms with van der Waals surface area (Å²) in [5.74, 6) is -1.75. The summed E-state index contributed by atoms with van der Waals surface area (Å²) in [6, 6.07) is 4.21. The van der Waals surface area contributed by atoms with Crippen LogP contribution in [0.4, 0.5) is 13.2 Å². The van der Waals surface area contributed by atoms with Gasteiger partial charge in [-0.15, -0.1) is 10.2 Å². The molecule has 6 nitrogen and oxygen atoms in total. The van der Waals surface area contributed by atoms with E-state index in [9.17, 15) is 22.8 Å². The first-order chi connectivity index (χ1) is 10.2. The second-order valence-electron chi connectivity index (χ2n) is 4.92. The molecule has 2 rings (SSSR count). The number of halogens is 3. The van der Waals surface area contributed by atoms with Crippen LogP contribution in [0.15, 0.2) is 34.5 Å². The molecule has 118 valence electrons. The highest BCUT2D eigenvalue weighted by atomic mass is 19.4. The number of nitrogens with zero attached hydrogens (tertiary/aromatic N) is 2. The molecule has 0 spiro atoms. The predicted octanol–water partition coefficient (Wildman–Crippen LogP) is 2.46. The van der Waals surface area contributed by atoms with Gasteiger partial charge in [-0.25, -0.2) is 0 Å². The summed E-state index contributed by atoms with van der Waals surface area (Å²) in [5, 5.41) is 17.2. The highest BCUT2D eigenvalue weighted by molar-refractivity contribution is 5.94. The lowest BCUT2D eigenvalue weighted by atomic mass is 10.00. The number of nitrogens with one attached hydrogen (secondary N) is 1. The van der Waals surface area contributed by atoms with Crippen molar-refractivity contribution in [1.82, 2.24) is 5.32 Å². The number of carboxylic acids is 1. The number of amides is 1. The van der Waals surface area contributed by atoms with Gasteiger partial charge in [-0.05, 0) is 19.1 Å². The van der Waals surface area contributed by atoms with Gasteiger partial charge in [0.2, 0.25) is 0 Å². The molecule has 1 aliphatic heterocycles. The Morgan fingerprint density at radius 2 is 2.00 bits per heavy atom. The van der Waals surface area contributed by atoms with E-state index < -0.39 is 29.8 Å². The van der Waals surface area contributed by atoms with Crippen molar-refractivity contribution in [3.8, 4) is 0 Å².